The number of aliphatic hydroxyl groups is 1. The van der Waals surface area contributed by atoms with Crippen LogP contribution in [0.1, 0.15) is 17.2 Å². The van der Waals surface area contributed by atoms with Gasteiger partial charge < -0.3 is 5.11 Å². The van der Waals surface area contributed by atoms with Crippen LogP contribution in [0.4, 0.5) is 11.4 Å². The van der Waals surface area contributed by atoms with Gasteiger partial charge in [0, 0.05) is 30.7 Å². The minimum absolute atomic E-state index is 0.0106. The first kappa shape index (κ1) is 14.6. The summed E-state index contributed by atoms with van der Waals surface area (Å²) >= 11 is 0. The van der Waals surface area contributed by atoms with Gasteiger partial charge in [-0.1, -0.05) is 12.1 Å². The Morgan fingerprint density at radius 2 is 1.29 bits per heavy atom. The van der Waals surface area contributed by atoms with Gasteiger partial charge in [0.05, 0.1) is 16.0 Å². The summed E-state index contributed by atoms with van der Waals surface area (Å²) in [5, 5.41) is 31.2. The Hall–Kier alpha value is -2.80. The number of aliphatic hydroxyl groups excluding tert-OH is 1. The summed E-state index contributed by atoms with van der Waals surface area (Å²) in [5.41, 5.74) is 1.25. The van der Waals surface area contributed by atoms with Crippen molar-refractivity contribution in [2.45, 2.75) is 12.5 Å². The van der Waals surface area contributed by atoms with E-state index in [1.807, 2.05) is 0 Å². The molecule has 7 nitrogen and oxygen atoms in total. The van der Waals surface area contributed by atoms with Crippen molar-refractivity contribution in [2.24, 2.45) is 0 Å². The van der Waals surface area contributed by atoms with Gasteiger partial charge in [0.25, 0.3) is 11.4 Å². The van der Waals surface area contributed by atoms with Gasteiger partial charge in [0.1, 0.15) is 0 Å². The molecule has 0 aliphatic heterocycles. The molecule has 1 atom stereocenters. The second-order valence-electron chi connectivity index (χ2n) is 4.49. The zero-order valence-electron chi connectivity index (χ0n) is 10.9. The first-order chi connectivity index (χ1) is 9.97. The van der Waals surface area contributed by atoms with E-state index in [-0.39, 0.29) is 17.8 Å². The topological polar surface area (TPSA) is 107 Å². The number of rotatable bonds is 5. The summed E-state index contributed by atoms with van der Waals surface area (Å²) in [7, 11) is 0. The predicted octanol–water partition coefficient (Wildman–Crippen LogP) is 2.78. The highest BCUT2D eigenvalue weighted by Crippen LogP contribution is 2.22. The fourth-order valence-electron chi connectivity index (χ4n) is 1.91. The lowest BCUT2D eigenvalue weighted by molar-refractivity contribution is -0.385. The van der Waals surface area contributed by atoms with E-state index in [0.29, 0.717) is 5.56 Å². The molecule has 0 aromatic heterocycles. The third kappa shape index (κ3) is 3.61. The van der Waals surface area contributed by atoms with Crippen LogP contribution in [0.15, 0.2) is 48.5 Å². The van der Waals surface area contributed by atoms with Crippen molar-refractivity contribution in [3.8, 4) is 0 Å². The molecule has 2 aromatic carbocycles. The Balaban J connectivity index is 2.08. The number of nitro benzene ring substituents is 2. The first-order valence-electron chi connectivity index (χ1n) is 6.13. The lowest BCUT2D eigenvalue weighted by Gasteiger charge is -2.10. The summed E-state index contributed by atoms with van der Waals surface area (Å²) in [5.74, 6) is 0. The largest absolute Gasteiger partial charge is 0.388 e. The summed E-state index contributed by atoms with van der Waals surface area (Å²) in [6, 6.07) is 11.5. The van der Waals surface area contributed by atoms with Gasteiger partial charge in [-0.3, -0.25) is 20.2 Å². The Bertz CT molecular complexity index is 652. The highest BCUT2D eigenvalue weighted by atomic mass is 16.6. The second kappa shape index (κ2) is 6.10. The average Bonchev–Trinajstić information content (AvgIpc) is 2.47. The zero-order valence-corrected chi connectivity index (χ0v) is 10.9. The molecule has 1 unspecified atom stereocenters. The predicted molar refractivity (Wildman–Crippen MR) is 74.9 cm³/mol. The minimum Gasteiger partial charge on any atom is -0.388 e. The van der Waals surface area contributed by atoms with Crippen molar-refractivity contribution in [1.82, 2.24) is 0 Å². The van der Waals surface area contributed by atoms with Gasteiger partial charge in [-0.25, -0.2) is 0 Å². The van der Waals surface area contributed by atoms with Crippen LogP contribution >= 0.6 is 0 Å². The van der Waals surface area contributed by atoms with E-state index in [0.717, 1.165) is 5.56 Å². The number of hydrogen-bond acceptors (Lipinski definition) is 5. The Labute approximate surface area is 119 Å². The van der Waals surface area contributed by atoms with Crippen LogP contribution in [0.2, 0.25) is 0 Å². The number of hydrogen-bond donors (Lipinski definition) is 1. The van der Waals surface area contributed by atoms with E-state index in [1.54, 1.807) is 12.1 Å². The standard InChI is InChI=1S/C14H12N2O5/c17-14(11-3-7-13(8-4-11)16(20)21)9-10-1-5-12(6-2-10)15(18)19/h1-8,14,17H,9H2. The highest BCUT2D eigenvalue weighted by Gasteiger charge is 2.12. The van der Waals surface area contributed by atoms with Crippen LogP contribution in [-0.2, 0) is 6.42 Å². The van der Waals surface area contributed by atoms with Crippen molar-refractivity contribution in [2.75, 3.05) is 0 Å². The molecule has 0 saturated carbocycles. The smallest absolute Gasteiger partial charge is 0.269 e. The van der Waals surface area contributed by atoms with Gasteiger partial charge in [-0.15, -0.1) is 0 Å². The minimum atomic E-state index is -0.827. The van der Waals surface area contributed by atoms with Crippen LogP contribution in [0.25, 0.3) is 0 Å². The summed E-state index contributed by atoms with van der Waals surface area (Å²) < 4.78 is 0. The molecule has 0 aliphatic rings. The first-order valence-corrected chi connectivity index (χ1v) is 6.13. The summed E-state index contributed by atoms with van der Waals surface area (Å²) in [6.07, 6.45) is -0.553. The van der Waals surface area contributed by atoms with Crippen LogP contribution in [0, 0.1) is 20.2 Å². The quantitative estimate of drug-likeness (QED) is 0.672. The van der Waals surface area contributed by atoms with E-state index in [2.05, 4.69) is 0 Å². The van der Waals surface area contributed by atoms with E-state index in [4.69, 9.17) is 0 Å². The molecule has 0 bridgehead atoms. The van der Waals surface area contributed by atoms with Crippen molar-refractivity contribution in [3.05, 3.63) is 79.9 Å². The summed E-state index contributed by atoms with van der Waals surface area (Å²) in [6.45, 7) is 0. The van der Waals surface area contributed by atoms with Crippen molar-refractivity contribution in [3.63, 3.8) is 0 Å². The molecular weight excluding hydrogens is 276 g/mol. The fourth-order valence-corrected chi connectivity index (χ4v) is 1.91. The van der Waals surface area contributed by atoms with Gasteiger partial charge >= 0.3 is 0 Å². The van der Waals surface area contributed by atoms with Crippen LogP contribution < -0.4 is 0 Å². The van der Waals surface area contributed by atoms with Gasteiger partial charge in [0.2, 0.25) is 0 Å². The number of nitrogens with zero attached hydrogens (tertiary/aromatic N) is 2. The third-order valence-corrected chi connectivity index (χ3v) is 3.06. The van der Waals surface area contributed by atoms with E-state index in [9.17, 15) is 25.3 Å². The van der Waals surface area contributed by atoms with E-state index >= 15 is 0 Å². The maximum atomic E-state index is 10.5. The molecule has 0 saturated heterocycles. The number of benzene rings is 2. The molecule has 2 rings (SSSR count). The number of nitro groups is 2. The molecule has 0 heterocycles. The molecule has 0 spiro atoms. The molecule has 21 heavy (non-hydrogen) atoms. The zero-order chi connectivity index (χ0) is 15.4. The summed E-state index contributed by atoms with van der Waals surface area (Å²) in [4.78, 5) is 20.1. The Morgan fingerprint density at radius 1 is 0.857 bits per heavy atom. The van der Waals surface area contributed by atoms with E-state index < -0.39 is 16.0 Å². The molecule has 7 heteroatoms. The lowest BCUT2D eigenvalue weighted by atomic mass is 10.0. The molecule has 0 fully saturated rings. The fraction of sp³-hybridized carbons (Fsp3) is 0.143. The molecule has 0 aliphatic carbocycles. The normalized spacial score (nSPS) is 11.9. The third-order valence-electron chi connectivity index (χ3n) is 3.06. The highest BCUT2D eigenvalue weighted by molar-refractivity contribution is 5.36. The van der Waals surface area contributed by atoms with Crippen LogP contribution in [0.3, 0.4) is 0 Å². The van der Waals surface area contributed by atoms with Crippen LogP contribution in [-0.4, -0.2) is 15.0 Å². The van der Waals surface area contributed by atoms with E-state index in [1.165, 1.54) is 36.4 Å². The second-order valence-corrected chi connectivity index (χ2v) is 4.49. The van der Waals surface area contributed by atoms with Gasteiger partial charge in [-0.2, -0.15) is 0 Å². The van der Waals surface area contributed by atoms with Gasteiger partial charge in [0.15, 0.2) is 0 Å². The average molecular weight is 288 g/mol. The Kier molecular flexibility index (Phi) is 4.24. The van der Waals surface area contributed by atoms with Crippen molar-refractivity contribution in [1.29, 1.82) is 0 Å². The van der Waals surface area contributed by atoms with Crippen molar-refractivity contribution < 1.29 is 15.0 Å². The SMILES string of the molecule is O=[N+]([O-])c1ccc(CC(O)c2ccc([N+](=O)[O-])cc2)cc1. The molecular formula is C14H12N2O5. The molecule has 0 amide bonds. The monoisotopic (exact) mass is 288 g/mol. The number of non-ortho nitro benzene ring substituents is 2. The Morgan fingerprint density at radius 3 is 1.71 bits per heavy atom. The van der Waals surface area contributed by atoms with Crippen LogP contribution in [0.5, 0.6) is 0 Å². The molecule has 1 N–H and O–H groups in total. The lowest BCUT2D eigenvalue weighted by Crippen LogP contribution is -2.02. The molecule has 108 valence electrons. The maximum Gasteiger partial charge on any atom is 0.269 e. The maximum absolute atomic E-state index is 10.5. The van der Waals surface area contributed by atoms with Crippen molar-refractivity contribution >= 4 is 11.4 Å². The molecule has 2 aromatic rings. The molecule has 0 radical (unpaired) electrons. The van der Waals surface area contributed by atoms with Gasteiger partial charge in [-0.05, 0) is 23.3 Å².